The van der Waals surface area contributed by atoms with Crippen molar-refractivity contribution in [3.63, 3.8) is 0 Å². The van der Waals surface area contributed by atoms with Gasteiger partial charge in [0.15, 0.2) is 5.69 Å². The van der Waals surface area contributed by atoms with Gasteiger partial charge in [-0.1, -0.05) is 23.4 Å². The number of benzene rings is 1. The molecule has 0 amide bonds. The lowest BCUT2D eigenvalue weighted by Gasteiger charge is -2.06. The SMILES string of the molecule is Cc1noc(/C=C\c2cccc(C(F)(F)F)c2)c1[N+](=O)[O-]. The summed E-state index contributed by atoms with van der Waals surface area (Å²) in [5.74, 6) is -0.116. The molecule has 21 heavy (non-hydrogen) atoms. The number of hydrogen-bond acceptors (Lipinski definition) is 4. The van der Waals surface area contributed by atoms with Crippen LogP contribution < -0.4 is 0 Å². The standard InChI is InChI=1S/C13H9F3N2O3/c1-8-12(18(19)20)11(21-17-8)6-5-9-3-2-4-10(7-9)13(14,15)16/h2-7H,1H3/b6-5-. The van der Waals surface area contributed by atoms with Gasteiger partial charge in [-0.25, -0.2) is 0 Å². The lowest BCUT2D eigenvalue weighted by atomic mass is 10.1. The van der Waals surface area contributed by atoms with Crippen LogP contribution in [0.2, 0.25) is 0 Å². The maximum atomic E-state index is 12.6. The highest BCUT2D eigenvalue weighted by Gasteiger charge is 2.30. The molecule has 0 saturated carbocycles. The second-order valence-electron chi connectivity index (χ2n) is 4.19. The van der Waals surface area contributed by atoms with E-state index < -0.39 is 16.7 Å². The predicted octanol–water partition coefficient (Wildman–Crippen LogP) is 4.08. The van der Waals surface area contributed by atoms with Crippen LogP contribution in [-0.2, 0) is 6.18 Å². The number of nitrogens with zero attached hydrogens (tertiary/aromatic N) is 2. The Bertz CT molecular complexity index is 705. The second kappa shape index (κ2) is 5.39. The Morgan fingerprint density at radius 1 is 1.33 bits per heavy atom. The van der Waals surface area contributed by atoms with E-state index in [1.54, 1.807) is 0 Å². The highest BCUT2D eigenvalue weighted by atomic mass is 19.4. The molecular formula is C13H9F3N2O3. The Morgan fingerprint density at radius 2 is 2.05 bits per heavy atom. The van der Waals surface area contributed by atoms with Crippen molar-refractivity contribution in [1.29, 1.82) is 0 Å². The van der Waals surface area contributed by atoms with Gasteiger partial charge in [0.25, 0.3) is 0 Å². The molecule has 0 spiro atoms. The Labute approximate surface area is 116 Å². The molecule has 5 nitrogen and oxygen atoms in total. The normalized spacial score (nSPS) is 12.0. The summed E-state index contributed by atoms with van der Waals surface area (Å²) >= 11 is 0. The van der Waals surface area contributed by atoms with E-state index in [1.807, 2.05) is 0 Å². The van der Waals surface area contributed by atoms with Crippen LogP contribution in [0.15, 0.2) is 28.8 Å². The summed E-state index contributed by atoms with van der Waals surface area (Å²) < 4.78 is 42.5. The third-order valence-corrected chi connectivity index (χ3v) is 2.68. The van der Waals surface area contributed by atoms with Crippen molar-refractivity contribution in [2.75, 3.05) is 0 Å². The van der Waals surface area contributed by atoms with Crippen LogP contribution in [0.1, 0.15) is 22.6 Å². The molecule has 8 heteroatoms. The fourth-order valence-corrected chi connectivity index (χ4v) is 1.70. The molecule has 0 aliphatic rings. The minimum Gasteiger partial charge on any atom is -0.349 e. The largest absolute Gasteiger partial charge is 0.416 e. The fourth-order valence-electron chi connectivity index (χ4n) is 1.70. The molecule has 2 aromatic rings. The van der Waals surface area contributed by atoms with Crippen LogP contribution in [0, 0.1) is 17.0 Å². The number of hydrogen-bond donors (Lipinski definition) is 0. The Kier molecular flexibility index (Phi) is 3.79. The Morgan fingerprint density at radius 3 is 2.67 bits per heavy atom. The van der Waals surface area contributed by atoms with Crippen LogP contribution >= 0.6 is 0 Å². The van der Waals surface area contributed by atoms with E-state index in [4.69, 9.17) is 4.52 Å². The quantitative estimate of drug-likeness (QED) is 0.632. The van der Waals surface area contributed by atoms with Gasteiger partial charge in [0.1, 0.15) is 0 Å². The number of nitro groups is 1. The number of alkyl halides is 3. The molecule has 0 atom stereocenters. The molecule has 2 rings (SSSR count). The summed E-state index contributed by atoms with van der Waals surface area (Å²) in [5, 5.41) is 14.3. The van der Waals surface area contributed by atoms with E-state index in [0.29, 0.717) is 0 Å². The third kappa shape index (κ3) is 3.28. The zero-order valence-electron chi connectivity index (χ0n) is 10.7. The molecule has 0 radical (unpaired) electrons. The fraction of sp³-hybridized carbons (Fsp3) is 0.154. The lowest BCUT2D eigenvalue weighted by molar-refractivity contribution is -0.386. The van der Waals surface area contributed by atoms with Gasteiger partial charge in [-0.05, 0) is 30.7 Å². The van der Waals surface area contributed by atoms with Gasteiger partial charge < -0.3 is 4.52 Å². The van der Waals surface area contributed by atoms with Crippen LogP contribution in [0.25, 0.3) is 12.2 Å². The minimum absolute atomic E-state index is 0.101. The number of halogens is 3. The van der Waals surface area contributed by atoms with E-state index in [-0.39, 0.29) is 22.7 Å². The van der Waals surface area contributed by atoms with Crippen molar-refractivity contribution in [2.24, 2.45) is 0 Å². The zero-order chi connectivity index (χ0) is 15.6. The monoisotopic (exact) mass is 298 g/mol. The van der Waals surface area contributed by atoms with Gasteiger partial charge in [-0.15, -0.1) is 0 Å². The van der Waals surface area contributed by atoms with E-state index in [1.165, 1.54) is 31.2 Å². The average Bonchev–Trinajstić information content (AvgIpc) is 2.77. The molecule has 1 aromatic carbocycles. The molecule has 0 bridgehead atoms. The van der Waals surface area contributed by atoms with Crippen LogP contribution in [-0.4, -0.2) is 10.1 Å². The van der Waals surface area contributed by atoms with Crippen LogP contribution in [0.3, 0.4) is 0 Å². The first kappa shape index (κ1) is 14.8. The maximum Gasteiger partial charge on any atom is 0.416 e. The Balaban J connectivity index is 2.33. The van der Waals surface area contributed by atoms with Crippen molar-refractivity contribution >= 4 is 17.8 Å². The third-order valence-electron chi connectivity index (χ3n) is 2.68. The maximum absolute atomic E-state index is 12.6. The van der Waals surface area contributed by atoms with Gasteiger partial charge in [0, 0.05) is 0 Å². The summed E-state index contributed by atoms with van der Waals surface area (Å²) in [4.78, 5) is 10.2. The van der Waals surface area contributed by atoms with Crippen LogP contribution in [0.5, 0.6) is 0 Å². The van der Waals surface area contributed by atoms with Crippen molar-refractivity contribution in [3.05, 3.63) is 57.0 Å². The van der Waals surface area contributed by atoms with E-state index in [0.717, 1.165) is 12.1 Å². The van der Waals surface area contributed by atoms with E-state index in [9.17, 15) is 23.3 Å². The molecule has 110 valence electrons. The summed E-state index contributed by atoms with van der Waals surface area (Å²) in [5.41, 5.74) is -0.761. The van der Waals surface area contributed by atoms with E-state index in [2.05, 4.69) is 5.16 Å². The molecule has 0 N–H and O–H groups in total. The topological polar surface area (TPSA) is 69.2 Å². The molecule has 0 fully saturated rings. The highest BCUT2D eigenvalue weighted by molar-refractivity contribution is 5.72. The molecule has 0 aliphatic heterocycles. The van der Waals surface area contributed by atoms with Gasteiger partial charge in [0.05, 0.1) is 10.5 Å². The van der Waals surface area contributed by atoms with Gasteiger partial charge in [-0.2, -0.15) is 13.2 Å². The highest BCUT2D eigenvalue weighted by Crippen LogP contribution is 2.30. The second-order valence-corrected chi connectivity index (χ2v) is 4.19. The predicted molar refractivity (Wildman–Crippen MR) is 68.3 cm³/mol. The molecule has 1 heterocycles. The molecular weight excluding hydrogens is 289 g/mol. The molecule has 0 aliphatic carbocycles. The minimum atomic E-state index is -4.45. The summed E-state index contributed by atoms with van der Waals surface area (Å²) in [6.07, 6.45) is -1.94. The smallest absolute Gasteiger partial charge is 0.349 e. The van der Waals surface area contributed by atoms with E-state index >= 15 is 0 Å². The first-order valence-electron chi connectivity index (χ1n) is 5.75. The molecule has 0 unspecified atom stereocenters. The summed E-state index contributed by atoms with van der Waals surface area (Å²) in [7, 11) is 0. The van der Waals surface area contributed by atoms with Crippen molar-refractivity contribution in [2.45, 2.75) is 13.1 Å². The average molecular weight is 298 g/mol. The summed E-state index contributed by atoms with van der Waals surface area (Å²) in [6, 6.07) is 4.58. The number of aromatic nitrogens is 1. The van der Waals surface area contributed by atoms with Gasteiger partial charge >= 0.3 is 11.9 Å². The first-order valence-corrected chi connectivity index (χ1v) is 5.75. The van der Waals surface area contributed by atoms with Crippen LogP contribution in [0.4, 0.5) is 18.9 Å². The molecule has 0 saturated heterocycles. The lowest BCUT2D eigenvalue weighted by Crippen LogP contribution is -2.04. The van der Waals surface area contributed by atoms with Gasteiger partial charge in [-0.3, -0.25) is 10.1 Å². The number of aryl methyl sites for hydroxylation is 1. The molecule has 1 aromatic heterocycles. The Hall–Kier alpha value is -2.64. The van der Waals surface area contributed by atoms with Crippen molar-refractivity contribution in [1.82, 2.24) is 5.16 Å². The van der Waals surface area contributed by atoms with Crippen molar-refractivity contribution in [3.8, 4) is 0 Å². The zero-order valence-corrected chi connectivity index (χ0v) is 10.7. The first-order chi connectivity index (χ1) is 9.79. The van der Waals surface area contributed by atoms with Crippen molar-refractivity contribution < 1.29 is 22.6 Å². The summed E-state index contributed by atoms with van der Waals surface area (Å²) in [6.45, 7) is 1.41. The number of rotatable bonds is 3. The van der Waals surface area contributed by atoms with Gasteiger partial charge in [0.2, 0.25) is 5.76 Å².